The van der Waals surface area contributed by atoms with Crippen molar-refractivity contribution in [2.75, 3.05) is 11.9 Å². The van der Waals surface area contributed by atoms with Crippen molar-refractivity contribution in [1.29, 1.82) is 5.26 Å². The summed E-state index contributed by atoms with van der Waals surface area (Å²) in [6, 6.07) is 12.8. The summed E-state index contributed by atoms with van der Waals surface area (Å²) < 4.78 is 10.4. The Hall–Kier alpha value is -2.12. The first-order valence-corrected chi connectivity index (χ1v) is 5.73. The molecule has 1 aromatic carbocycles. The molecule has 1 heterocycles. The van der Waals surface area contributed by atoms with Crippen molar-refractivity contribution in [3.8, 4) is 11.8 Å². The number of halogens is 1. The molecule has 0 spiro atoms. The van der Waals surface area contributed by atoms with Crippen LogP contribution in [0.25, 0.3) is 0 Å². The predicted octanol–water partition coefficient (Wildman–Crippen LogP) is 3.45. The van der Waals surface area contributed by atoms with E-state index >= 15 is 0 Å². The van der Waals surface area contributed by atoms with Crippen LogP contribution in [0.5, 0.6) is 5.75 Å². The summed E-state index contributed by atoms with van der Waals surface area (Å²) in [6.07, 6.45) is 0. The normalized spacial score (nSPS) is 9.78. The highest BCUT2D eigenvalue weighted by molar-refractivity contribution is 6.28. The monoisotopic (exact) mass is 262 g/mol. The van der Waals surface area contributed by atoms with Crippen molar-refractivity contribution < 1.29 is 9.15 Å². The van der Waals surface area contributed by atoms with E-state index in [0.29, 0.717) is 17.5 Å². The maximum Gasteiger partial charge on any atom is 0.193 e. The first-order valence-electron chi connectivity index (χ1n) is 5.36. The Bertz CT molecular complexity index is 543. The molecule has 0 aliphatic rings. The zero-order valence-corrected chi connectivity index (χ0v) is 10.3. The van der Waals surface area contributed by atoms with Crippen molar-refractivity contribution in [3.63, 3.8) is 0 Å². The van der Waals surface area contributed by atoms with Gasteiger partial charge in [-0.3, -0.25) is 0 Å². The van der Waals surface area contributed by atoms with E-state index in [4.69, 9.17) is 26.0 Å². The fraction of sp³-hybridized carbons (Fsp3) is 0.154. The standard InChI is InChI=1S/C13H11ClN2O2/c14-13-6-5-12(18-13)9-16-10-1-3-11(4-2-10)17-8-7-15/h1-6,16H,8-9H2. The second-order valence-electron chi connectivity index (χ2n) is 3.53. The van der Waals surface area contributed by atoms with Gasteiger partial charge in [0.15, 0.2) is 11.8 Å². The van der Waals surface area contributed by atoms with Gasteiger partial charge in [-0.2, -0.15) is 5.26 Å². The number of furan rings is 1. The van der Waals surface area contributed by atoms with Crippen molar-refractivity contribution in [2.45, 2.75) is 6.54 Å². The molecule has 0 unspecified atom stereocenters. The van der Waals surface area contributed by atoms with Gasteiger partial charge in [0.25, 0.3) is 0 Å². The molecule has 92 valence electrons. The van der Waals surface area contributed by atoms with Gasteiger partial charge in [-0.15, -0.1) is 0 Å². The van der Waals surface area contributed by atoms with Gasteiger partial charge >= 0.3 is 0 Å². The molecule has 2 aromatic rings. The van der Waals surface area contributed by atoms with Crippen LogP contribution in [0.2, 0.25) is 5.22 Å². The third-order valence-electron chi connectivity index (χ3n) is 2.25. The van der Waals surface area contributed by atoms with Crippen LogP contribution in [0, 0.1) is 11.3 Å². The van der Waals surface area contributed by atoms with Crippen molar-refractivity contribution in [3.05, 3.63) is 47.4 Å². The van der Waals surface area contributed by atoms with Gasteiger partial charge in [-0.25, -0.2) is 0 Å². The summed E-state index contributed by atoms with van der Waals surface area (Å²) in [6.45, 7) is 0.614. The lowest BCUT2D eigenvalue weighted by Crippen LogP contribution is -1.98. The summed E-state index contributed by atoms with van der Waals surface area (Å²) in [5.74, 6) is 1.44. The average Bonchev–Trinajstić information content (AvgIpc) is 2.81. The number of hydrogen-bond donors (Lipinski definition) is 1. The van der Waals surface area contributed by atoms with Gasteiger partial charge in [-0.05, 0) is 48.0 Å². The molecule has 0 radical (unpaired) electrons. The molecule has 1 N–H and O–H groups in total. The lowest BCUT2D eigenvalue weighted by atomic mass is 10.3. The molecule has 1 aromatic heterocycles. The first-order chi connectivity index (χ1) is 8.78. The van der Waals surface area contributed by atoms with Crippen LogP contribution >= 0.6 is 11.6 Å². The molecule has 0 amide bonds. The summed E-state index contributed by atoms with van der Waals surface area (Å²) in [5, 5.41) is 12.0. The van der Waals surface area contributed by atoms with Crippen molar-refractivity contribution in [2.24, 2.45) is 0 Å². The van der Waals surface area contributed by atoms with E-state index < -0.39 is 0 Å². The van der Waals surface area contributed by atoms with E-state index in [2.05, 4.69) is 5.32 Å². The van der Waals surface area contributed by atoms with Gasteiger partial charge in [0.05, 0.1) is 6.54 Å². The van der Waals surface area contributed by atoms with E-state index in [0.717, 1.165) is 11.4 Å². The zero-order chi connectivity index (χ0) is 12.8. The maximum absolute atomic E-state index is 8.39. The van der Waals surface area contributed by atoms with Gasteiger partial charge in [-0.1, -0.05) is 0 Å². The molecule has 5 heteroatoms. The SMILES string of the molecule is N#CCOc1ccc(NCc2ccc(Cl)o2)cc1. The van der Waals surface area contributed by atoms with E-state index in [-0.39, 0.29) is 6.61 Å². The molecule has 2 rings (SSSR count). The highest BCUT2D eigenvalue weighted by Crippen LogP contribution is 2.18. The third kappa shape index (κ3) is 3.44. The molecule has 0 saturated carbocycles. The van der Waals surface area contributed by atoms with Gasteiger partial charge in [0, 0.05) is 5.69 Å². The molecule has 0 atom stereocenters. The summed E-state index contributed by atoms with van der Waals surface area (Å²) in [4.78, 5) is 0. The number of nitriles is 1. The quantitative estimate of drug-likeness (QED) is 0.897. The minimum absolute atomic E-state index is 0.0532. The molecular formula is C13H11ClN2O2. The second kappa shape index (κ2) is 5.99. The molecule has 18 heavy (non-hydrogen) atoms. The number of ether oxygens (including phenoxy) is 1. The Morgan fingerprint density at radius 2 is 2.00 bits per heavy atom. The number of nitrogens with one attached hydrogen (secondary N) is 1. The van der Waals surface area contributed by atoms with Crippen LogP contribution in [-0.2, 0) is 6.54 Å². The predicted molar refractivity (Wildman–Crippen MR) is 68.6 cm³/mol. The van der Waals surface area contributed by atoms with Crippen molar-refractivity contribution in [1.82, 2.24) is 0 Å². The Balaban J connectivity index is 1.88. The van der Waals surface area contributed by atoms with E-state index in [1.807, 2.05) is 24.3 Å². The third-order valence-corrected chi connectivity index (χ3v) is 2.46. The number of nitrogens with zero attached hydrogens (tertiary/aromatic N) is 1. The van der Waals surface area contributed by atoms with Crippen LogP contribution in [0.1, 0.15) is 5.76 Å². The minimum Gasteiger partial charge on any atom is -0.479 e. The highest BCUT2D eigenvalue weighted by Gasteiger charge is 2.00. The van der Waals surface area contributed by atoms with Gasteiger partial charge < -0.3 is 14.5 Å². The van der Waals surface area contributed by atoms with Crippen LogP contribution in [0.15, 0.2) is 40.8 Å². The summed E-state index contributed by atoms with van der Waals surface area (Å²) >= 11 is 5.67. The molecule has 0 fully saturated rings. The Kier molecular flexibility index (Phi) is 4.11. The van der Waals surface area contributed by atoms with Crippen LogP contribution < -0.4 is 10.1 Å². The van der Waals surface area contributed by atoms with E-state index in [9.17, 15) is 0 Å². The Morgan fingerprint density at radius 1 is 1.22 bits per heavy atom. The molecular weight excluding hydrogens is 252 g/mol. The first kappa shape index (κ1) is 12.3. The average molecular weight is 263 g/mol. The summed E-state index contributed by atoms with van der Waals surface area (Å²) in [5.41, 5.74) is 0.937. The van der Waals surface area contributed by atoms with E-state index in [1.54, 1.807) is 18.2 Å². The largest absolute Gasteiger partial charge is 0.479 e. The Morgan fingerprint density at radius 3 is 2.61 bits per heavy atom. The topological polar surface area (TPSA) is 58.2 Å². The van der Waals surface area contributed by atoms with E-state index in [1.165, 1.54) is 0 Å². The molecule has 0 bridgehead atoms. The van der Waals surface area contributed by atoms with Crippen LogP contribution in [0.3, 0.4) is 0 Å². The highest BCUT2D eigenvalue weighted by atomic mass is 35.5. The molecule has 0 aliphatic carbocycles. The molecule has 0 saturated heterocycles. The van der Waals surface area contributed by atoms with Gasteiger partial charge in [0.1, 0.15) is 17.6 Å². The lowest BCUT2D eigenvalue weighted by molar-refractivity contribution is 0.368. The molecule has 0 aliphatic heterocycles. The number of benzene rings is 1. The lowest BCUT2D eigenvalue weighted by Gasteiger charge is -2.06. The molecule has 4 nitrogen and oxygen atoms in total. The fourth-order valence-electron chi connectivity index (χ4n) is 1.42. The second-order valence-corrected chi connectivity index (χ2v) is 3.90. The number of hydrogen-bond acceptors (Lipinski definition) is 4. The Labute approximate surface area is 110 Å². The smallest absolute Gasteiger partial charge is 0.193 e. The van der Waals surface area contributed by atoms with Crippen LogP contribution in [-0.4, -0.2) is 6.61 Å². The summed E-state index contributed by atoms with van der Waals surface area (Å²) in [7, 11) is 0. The fourth-order valence-corrected chi connectivity index (χ4v) is 1.58. The van der Waals surface area contributed by atoms with Crippen LogP contribution in [0.4, 0.5) is 5.69 Å². The van der Waals surface area contributed by atoms with Crippen molar-refractivity contribution >= 4 is 17.3 Å². The zero-order valence-electron chi connectivity index (χ0n) is 9.52. The number of anilines is 1. The minimum atomic E-state index is 0.0532. The number of rotatable bonds is 5. The maximum atomic E-state index is 8.39. The van der Waals surface area contributed by atoms with Gasteiger partial charge in [0.2, 0.25) is 0 Å².